The Hall–Kier alpha value is -0.0151. The molecule has 0 radical (unpaired) electrons. The van der Waals surface area contributed by atoms with E-state index in [-0.39, 0.29) is 5.82 Å². The maximum absolute atomic E-state index is 8.64. The molecule has 9 heavy (non-hydrogen) atoms. The molecule has 0 aromatic rings. The molecule has 1 aliphatic rings. The Labute approximate surface area is 56.0 Å². The highest BCUT2D eigenvalue weighted by Crippen LogP contribution is 2.48. The van der Waals surface area contributed by atoms with E-state index in [1.165, 1.54) is 0 Å². The van der Waals surface area contributed by atoms with Crippen LogP contribution < -0.4 is 0 Å². The van der Waals surface area contributed by atoms with Gasteiger partial charge in [-0.1, -0.05) is 19.8 Å². The van der Waals surface area contributed by atoms with Crippen molar-refractivity contribution in [2.24, 2.45) is 5.92 Å². The summed E-state index contributed by atoms with van der Waals surface area (Å²) < 4.78 is 0. The van der Waals surface area contributed by atoms with Gasteiger partial charge in [-0.2, -0.15) is 0 Å². The van der Waals surface area contributed by atoms with E-state index in [0.717, 1.165) is 19.3 Å². The summed E-state index contributed by atoms with van der Waals surface area (Å²) in [4.78, 5) is 0. The molecule has 0 spiro atoms. The van der Waals surface area contributed by atoms with Gasteiger partial charge in [0.25, 0.3) is 0 Å². The van der Waals surface area contributed by atoms with Crippen LogP contribution in [-0.2, 0) is 0 Å². The van der Waals surface area contributed by atoms with Crippen LogP contribution in [0.1, 0.15) is 26.2 Å². The SMILES string of the molecule is CCC[C@H]1C[C@@H]1B(O)O. The molecule has 0 saturated heterocycles. The smallest absolute Gasteiger partial charge is 0.427 e. The third-order valence-corrected chi connectivity index (χ3v) is 2.02. The molecule has 0 aliphatic heterocycles. The number of hydrogen-bond donors (Lipinski definition) is 2. The van der Waals surface area contributed by atoms with Crippen molar-refractivity contribution in [3.63, 3.8) is 0 Å². The van der Waals surface area contributed by atoms with Crippen molar-refractivity contribution in [2.75, 3.05) is 0 Å². The molecule has 0 aromatic heterocycles. The van der Waals surface area contributed by atoms with Gasteiger partial charge in [-0.25, -0.2) is 0 Å². The molecule has 52 valence electrons. The van der Waals surface area contributed by atoms with Gasteiger partial charge in [0, 0.05) is 0 Å². The van der Waals surface area contributed by atoms with Crippen molar-refractivity contribution >= 4 is 7.12 Å². The first-order valence-corrected chi connectivity index (χ1v) is 3.61. The van der Waals surface area contributed by atoms with Crippen LogP contribution in [0.4, 0.5) is 0 Å². The molecule has 2 N–H and O–H groups in total. The van der Waals surface area contributed by atoms with Crippen LogP contribution in [0.25, 0.3) is 0 Å². The van der Waals surface area contributed by atoms with Crippen LogP contribution in [0.3, 0.4) is 0 Å². The van der Waals surface area contributed by atoms with Crippen LogP contribution >= 0.6 is 0 Å². The Balaban J connectivity index is 2.09. The number of rotatable bonds is 3. The zero-order valence-corrected chi connectivity index (χ0v) is 5.75. The van der Waals surface area contributed by atoms with Crippen LogP contribution in [0.2, 0.25) is 5.82 Å². The predicted molar refractivity (Wildman–Crippen MR) is 37.0 cm³/mol. The molecule has 1 saturated carbocycles. The second-order valence-corrected chi connectivity index (χ2v) is 2.86. The van der Waals surface area contributed by atoms with E-state index in [9.17, 15) is 0 Å². The van der Waals surface area contributed by atoms with Gasteiger partial charge in [0.05, 0.1) is 0 Å². The molecule has 0 heterocycles. The largest absolute Gasteiger partial charge is 0.455 e. The fraction of sp³-hybridized carbons (Fsp3) is 1.00. The standard InChI is InChI=1S/C6H13BO2/c1-2-3-5-4-6(5)7(8)9/h5-6,8-9H,2-4H2,1H3/t5-,6-/m0/s1. The van der Waals surface area contributed by atoms with Crippen molar-refractivity contribution in [3.05, 3.63) is 0 Å². The Kier molecular flexibility index (Phi) is 2.14. The van der Waals surface area contributed by atoms with Gasteiger partial charge in [0.1, 0.15) is 0 Å². The Bertz CT molecular complexity index is 95.1. The monoisotopic (exact) mass is 128 g/mol. The quantitative estimate of drug-likeness (QED) is 0.547. The minimum absolute atomic E-state index is 0.199. The summed E-state index contributed by atoms with van der Waals surface area (Å²) in [5, 5.41) is 17.3. The third kappa shape index (κ3) is 1.70. The Morgan fingerprint density at radius 3 is 2.56 bits per heavy atom. The molecule has 2 atom stereocenters. The molecule has 0 aromatic carbocycles. The van der Waals surface area contributed by atoms with Gasteiger partial charge in [0.15, 0.2) is 0 Å². The Morgan fingerprint density at radius 1 is 1.56 bits per heavy atom. The molecule has 0 amide bonds. The first kappa shape index (κ1) is 7.10. The van der Waals surface area contributed by atoms with Gasteiger partial charge < -0.3 is 10.0 Å². The fourth-order valence-corrected chi connectivity index (χ4v) is 1.34. The van der Waals surface area contributed by atoms with Crippen molar-refractivity contribution in [1.29, 1.82) is 0 Å². The minimum Gasteiger partial charge on any atom is -0.427 e. The average molecular weight is 128 g/mol. The summed E-state index contributed by atoms with van der Waals surface area (Å²) in [6, 6.07) is 0. The van der Waals surface area contributed by atoms with Crippen molar-refractivity contribution < 1.29 is 10.0 Å². The highest BCUT2D eigenvalue weighted by atomic mass is 16.4. The summed E-state index contributed by atoms with van der Waals surface area (Å²) in [5.74, 6) is 0.806. The van der Waals surface area contributed by atoms with Gasteiger partial charge in [-0.15, -0.1) is 0 Å². The van der Waals surface area contributed by atoms with Crippen LogP contribution in [-0.4, -0.2) is 17.2 Å². The van der Waals surface area contributed by atoms with E-state index in [4.69, 9.17) is 10.0 Å². The second kappa shape index (κ2) is 2.71. The first-order chi connectivity index (χ1) is 4.25. The molecule has 1 fully saturated rings. The molecule has 2 nitrogen and oxygen atoms in total. The van der Waals surface area contributed by atoms with Crippen LogP contribution in [0.15, 0.2) is 0 Å². The minimum atomic E-state index is -1.05. The van der Waals surface area contributed by atoms with Crippen molar-refractivity contribution in [3.8, 4) is 0 Å². The van der Waals surface area contributed by atoms with E-state index < -0.39 is 7.12 Å². The van der Waals surface area contributed by atoms with Gasteiger partial charge in [0.2, 0.25) is 0 Å². The third-order valence-electron chi connectivity index (χ3n) is 2.02. The average Bonchev–Trinajstić information content (AvgIpc) is 2.47. The lowest BCUT2D eigenvalue weighted by Crippen LogP contribution is -2.11. The molecule has 0 unspecified atom stereocenters. The lowest BCUT2D eigenvalue weighted by Gasteiger charge is -1.93. The second-order valence-electron chi connectivity index (χ2n) is 2.86. The summed E-state index contributed by atoms with van der Waals surface area (Å²) in [6.07, 6.45) is 3.34. The highest BCUT2D eigenvalue weighted by Gasteiger charge is 2.44. The zero-order chi connectivity index (χ0) is 6.85. The first-order valence-electron chi connectivity index (χ1n) is 3.61. The maximum atomic E-state index is 8.64. The molecule has 3 heteroatoms. The van der Waals surface area contributed by atoms with Crippen molar-refractivity contribution in [1.82, 2.24) is 0 Å². The number of hydrogen-bond acceptors (Lipinski definition) is 2. The molecule has 1 aliphatic carbocycles. The van der Waals surface area contributed by atoms with Gasteiger partial charge >= 0.3 is 7.12 Å². The molecular formula is C6H13BO2. The summed E-state index contributed by atoms with van der Waals surface area (Å²) in [7, 11) is -1.05. The molecular weight excluding hydrogens is 115 g/mol. The normalized spacial score (nSPS) is 32.3. The summed E-state index contributed by atoms with van der Waals surface area (Å²) in [6.45, 7) is 2.12. The van der Waals surface area contributed by atoms with Crippen LogP contribution in [0, 0.1) is 5.92 Å². The highest BCUT2D eigenvalue weighted by molar-refractivity contribution is 6.44. The van der Waals surface area contributed by atoms with E-state index in [1.54, 1.807) is 0 Å². The topological polar surface area (TPSA) is 40.5 Å². The maximum Gasteiger partial charge on any atom is 0.455 e. The lowest BCUT2D eigenvalue weighted by molar-refractivity contribution is 0.399. The summed E-state index contributed by atoms with van der Waals surface area (Å²) >= 11 is 0. The predicted octanol–water partition coefficient (Wildman–Crippen LogP) is 0.649. The fourth-order valence-electron chi connectivity index (χ4n) is 1.34. The van der Waals surface area contributed by atoms with Gasteiger partial charge in [-0.3, -0.25) is 0 Å². The lowest BCUT2D eigenvalue weighted by atomic mass is 9.81. The zero-order valence-electron chi connectivity index (χ0n) is 5.75. The van der Waals surface area contributed by atoms with Crippen LogP contribution in [0.5, 0.6) is 0 Å². The van der Waals surface area contributed by atoms with E-state index in [1.807, 2.05) is 0 Å². The van der Waals surface area contributed by atoms with E-state index >= 15 is 0 Å². The van der Waals surface area contributed by atoms with E-state index in [2.05, 4.69) is 6.92 Å². The van der Waals surface area contributed by atoms with Crippen molar-refractivity contribution in [2.45, 2.75) is 32.0 Å². The molecule has 0 bridgehead atoms. The summed E-state index contributed by atoms with van der Waals surface area (Å²) in [5.41, 5.74) is 0. The Morgan fingerprint density at radius 2 is 2.22 bits per heavy atom. The van der Waals surface area contributed by atoms with E-state index in [0.29, 0.717) is 5.92 Å². The van der Waals surface area contributed by atoms with Gasteiger partial charge in [-0.05, 0) is 18.2 Å². The molecule has 1 rings (SSSR count).